The number of aliphatic hydroxyl groups is 1. The van der Waals surface area contributed by atoms with Crippen LogP contribution in [0.25, 0.3) is 0 Å². The highest BCUT2D eigenvalue weighted by Crippen LogP contribution is 2.33. The molecule has 0 aliphatic carbocycles. The predicted octanol–water partition coefficient (Wildman–Crippen LogP) is 3.33. The molecule has 150 valence electrons. The lowest BCUT2D eigenvalue weighted by Gasteiger charge is -2.38. The summed E-state index contributed by atoms with van der Waals surface area (Å²) in [5.41, 5.74) is 0.849. The Hall–Kier alpha value is -2.57. The van der Waals surface area contributed by atoms with Gasteiger partial charge in [-0.2, -0.15) is 0 Å². The fourth-order valence-electron chi connectivity index (χ4n) is 3.26. The number of ether oxygens (including phenoxy) is 3. The van der Waals surface area contributed by atoms with E-state index in [4.69, 9.17) is 14.2 Å². The number of carbonyl (C=O) groups is 1. The Morgan fingerprint density at radius 1 is 1.04 bits per heavy atom. The van der Waals surface area contributed by atoms with Gasteiger partial charge in [0.05, 0.1) is 12.2 Å². The maximum absolute atomic E-state index is 12.3. The first kappa shape index (κ1) is 20.2. The molecule has 1 amide bonds. The zero-order valence-corrected chi connectivity index (χ0v) is 16.2. The number of hydrogen-bond acceptors (Lipinski definition) is 5. The van der Waals surface area contributed by atoms with E-state index in [0.717, 1.165) is 16.9 Å². The lowest BCUT2D eigenvalue weighted by atomic mass is 9.84. The molecule has 0 bridgehead atoms. The summed E-state index contributed by atoms with van der Waals surface area (Å²) >= 11 is 0. The number of carbonyl (C=O) groups excluding carboxylic acids is 1. The van der Waals surface area contributed by atoms with E-state index >= 15 is 0 Å². The highest BCUT2D eigenvalue weighted by molar-refractivity contribution is 5.67. The maximum Gasteiger partial charge on any atom is 0.410 e. The first-order valence-corrected chi connectivity index (χ1v) is 9.51. The molecule has 1 saturated heterocycles. The smallest absolute Gasteiger partial charge is 0.410 e. The molecule has 0 radical (unpaired) electrons. The van der Waals surface area contributed by atoms with Crippen molar-refractivity contribution >= 4 is 6.09 Å². The van der Waals surface area contributed by atoms with Crippen molar-refractivity contribution in [3.8, 4) is 5.75 Å². The number of rotatable bonds is 7. The number of piperidine rings is 1. The summed E-state index contributed by atoms with van der Waals surface area (Å²) in [5.74, 6) is 0.742. The summed E-state index contributed by atoms with van der Waals surface area (Å²) in [5, 5.41) is 11.0. The lowest BCUT2D eigenvalue weighted by Crippen LogP contribution is -2.45. The first-order chi connectivity index (χ1) is 13.6. The van der Waals surface area contributed by atoms with Crippen LogP contribution in [-0.4, -0.2) is 49.5 Å². The second-order valence-electron chi connectivity index (χ2n) is 6.92. The third-order valence-electron chi connectivity index (χ3n) is 5.00. The minimum absolute atomic E-state index is 0.255. The van der Waals surface area contributed by atoms with Crippen molar-refractivity contribution in [1.29, 1.82) is 0 Å². The first-order valence-electron chi connectivity index (χ1n) is 9.51. The fourth-order valence-corrected chi connectivity index (χ4v) is 3.26. The molecule has 0 spiro atoms. The molecule has 2 aromatic rings. The van der Waals surface area contributed by atoms with Gasteiger partial charge in [0, 0.05) is 20.2 Å². The average Bonchev–Trinajstić information content (AvgIpc) is 2.74. The molecule has 0 saturated carbocycles. The van der Waals surface area contributed by atoms with E-state index in [0.29, 0.717) is 39.1 Å². The van der Waals surface area contributed by atoms with Crippen LogP contribution in [0.2, 0.25) is 0 Å². The van der Waals surface area contributed by atoms with E-state index in [-0.39, 0.29) is 12.7 Å². The lowest BCUT2D eigenvalue weighted by molar-refractivity contribution is -0.0255. The largest absolute Gasteiger partial charge is 0.491 e. The van der Waals surface area contributed by atoms with Crippen LogP contribution in [0.15, 0.2) is 54.6 Å². The van der Waals surface area contributed by atoms with Crippen molar-refractivity contribution < 1.29 is 24.1 Å². The van der Waals surface area contributed by atoms with E-state index in [2.05, 4.69) is 0 Å². The third kappa shape index (κ3) is 5.24. The number of benzene rings is 2. The van der Waals surface area contributed by atoms with Gasteiger partial charge in [0.25, 0.3) is 0 Å². The zero-order valence-electron chi connectivity index (χ0n) is 16.2. The van der Waals surface area contributed by atoms with Crippen LogP contribution in [0.5, 0.6) is 5.75 Å². The zero-order chi connectivity index (χ0) is 19.8. The molecule has 28 heavy (non-hydrogen) atoms. The molecular formula is C22H27NO5. The van der Waals surface area contributed by atoms with Crippen molar-refractivity contribution in [3.63, 3.8) is 0 Å². The van der Waals surface area contributed by atoms with E-state index < -0.39 is 5.60 Å². The molecule has 1 heterocycles. The molecule has 2 aromatic carbocycles. The van der Waals surface area contributed by atoms with Gasteiger partial charge in [-0.3, -0.25) is 0 Å². The van der Waals surface area contributed by atoms with E-state index in [1.165, 1.54) is 0 Å². The molecule has 0 aromatic heterocycles. The average molecular weight is 385 g/mol. The Labute approximate surface area is 165 Å². The third-order valence-corrected chi connectivity index (χ3v) is 5.00. The summed E-state index contributed by atoms with van der Waals surface area (Å²) in [4.78, 5) is 13.9. The van der Waals surface area contributed by atoms with Crippen LogP contribution in [0, 0.1) is 0 Å². The van der Waals surface area contributed by atoms with Gasteiger partial charge in [0.2, 0.25) is 0 Å². The van der Waals surface area contributed by atoms with Crippen LogP contribution in [0.1, 0.15) is 24.0 Å². The van der Waals surface area contributed by atoms with Crippen LogP contribution in [0.4, 0.5) is 4.79 Å². The second-order valence-corrected chi connectivity index (χ2v) is 6.92. The summed E-state index contributed by atoms with van der Waals surface area (Å²) in [6, 6.07) is 17.1. The molecule has 1 aliphatic rings. The normalized spacial score (nSPS) is 15.9. The highest BCUT2D eigenvalue weighted by atomic mass is 16.6. The summed E-state index contributed by atoms with van der Waals surface area (Å²) in [7, 11) is 1.63. The van der Waals surface area contributed by atoms with Gasteiger partial charge in [-0.15, -0.1) is 0 Å². The molecule has 1 fully saturated rings. The summed E-state index contributed by atoms with van der Waals surface area (Å²) in [6.07, 6.45) is 0.599. The monoisotopic (exact) mass is 385 g/mol. The van der Waals surface area contributed by atoms with Crippen LogP contribution in [-0.2, 0) is 21.7 Å². The van der Waals surface area contributed by atoms with Gasteiger partial charge < -0.3 is 24.2 Å². The molecule has 6 heteroatoms. The Morgan fingerprint density at radius 3 is 2.36 bits per heavy atom. The topological polar surface area (TPSA) is 68.2 Å². The SMILES string of the molecule is COCCOc1ccc(C2(O)CCN(C(=O)OCc3ccccc3)CC2)cc1. The Kier molecular flexibility index (Phi) is 6.90. The van der Waals surface area contributed by atoms with Crippen LogP contribution >= 0.6 is 0 Å². The minimum atomic E-state index is -0.943. The number of likely N-dealkylation sites (tertiary alicyclic amines) is 1. The van der Waals surface area contributed by atoms with Gasteiger partial charge >= 0.3 is 6.09 Å². The molecular weight excluding hydrogens is 358 g/mol. The van der Waals surface area contributed by atoms with Crippen molar-refractivity contribution in [2.75, 3.05) is 33.4 Å². The van der Waals surface area contributed by atoms with Gasteiger partial charge in [-0.1, -0.05) is 42.5 Å². The number of methoxy groups -OCH3 is 1. The molecule has 1 aliphatic heterocycles. The van der Waals surface area contributed by atoms with Gasteiger partial charge in [0.15, 0.2) is 0 Å². The van der Waals surface area contributed by atoms with Gasteiger partial charge in [-0.05, 0) is 36.1 Å². The van der Waals surface area contributed by atoms with Gasteiger partial charge in [0.1, 0.15) is 19.0 Å². The summed E-state index contributed by atoms with van der Waals surface area (Å²) in [6.45, 7) is 2.18. The quantitative estimate of drug-likeness (QED) is 0.741. The predicted molar refractivity (Wildman–Crippen MR) is 105 cm³/mol. The molecule has 0 unspecified atom stereocenters. The highest BCUT2D eigenvalue weighted by Gasteiger charge is 2.35. The van der Waals surface area contributed by atoms with Crippen molar-refractivity contribution in [2.45, 2.75) is 25.0 Å². The van der Waals surface area contributed by atoms with Crippen LogP contribution in [0.3, 0.4) is 0 Å². The number of nitrogens with zero attached hydrogens (tertiary/aromatic N) is 1. The van der Waals surface area contributed by atoms with E-state index in [9.17, 15) is 9.90 Å². The van der Waals surface area contributed by atoms with E-state index in [1.54, 1.807) is 12.0 Å². The van der Waals surface area contributed by atoms with Gasteiger partial charge in [-0.25, -0.2) is 4.79 Å². The summed E-state index contributed by atoms with van der Waals surface area (Å²) < 4.78 is 15.9. The Morgan fingerprint density at radius 2 is 1.71 bits per heavy atom. The Bertz CT molecular complexity index is 739. The standard InChI is InChI=1S/C22H27NO5/c1-26-15-16-27-20-9-7-19(8-10-20)22(25)11-13-23(14-12-22)21(24)28-17-18-5-3-2-4-6-18/h2-10,25H,11-17H2,1H3. The molecule has 0 atom stereocenters. The maximum atomic E-state index is 12.3. The fraction of sp³-hybridized carbons (Fsp3) is 0.409. The number of hydrogen-bond donors (Lipinski definition) is 1. The molecule has 3 rings (SSSR count). The second kappa shape index (κ2) is 9.57. The van der Waals surface area contributed by atoms with Crippen molar-refractivity contribution in [1.82, 2.24) is 4.90 Å². The Balaban J connectivity index is 1.49. The molecule has 1 N–H and O–H groups in total. The van der Waals surface area contributed by atoms with Crippen LogP contribution < -0.4 is 4.74 Å². The molecule has 6 nitrogen and oxygen atoms in total. The number of amides is 1. The van der Waals surface area contributed by atoms with Crippen molar-refractivity contribution in [2.24, 2.45) is 0 Å². The van der Waals surface area contributed by atoms with Crippen molar-refractivity contribution in [3.05, 3.63) is 65.7 Å². The minimum Gasteiger partial charge on any atom is -0.491 e. The van der Waals surface area contributed by atoms with E-state index in [1.807, 2.05) is 54.6 Å².